The maximum Gasteiger partial charge on any atom is 0.236 e. The number of aromatic nitrogens is 1. The highest BCUT2D eigenvalue weighted by atomic mass is 35.5. The highest BCUT2D eigenvalue weighted by molar-refractivity contribution is 7.11. The third kappa shape index (κ3) is 4.94. The maximum atomic E-state index is 14.5. The number of halogens is 2. The lowest BCUT2D eigenvalue weighted by atomic mass is 10.2. The molecule has 1 unspecified atom stereocenters. The third-order valence-corrected chi connectivity index (χ3v) is 4.90. The molecule has 0 aliphatic carbocycles. The van der Waals surface area contributed by atoms with Gasteiger partial charge in [-0.3, -0.25) is 5.41 Å². The number of anilines is 2. The number of benzene rings is 2. The van der Waals surface area contributed by atoms with E-state index >= 15 is 0 Å². The van der Waals surface area contributed by atoms with Crippen molar-refractivity contribution in [3.63, 3.8) is 0 Å². The Bertz CT molecular complexity index is 1030. The number of hydrogen-bond donors (Lipinski definition) is 5. The Morgan fingerprint density at radius 3 is 2.76 bits per heavy atom. The van der Waals surface area contributed by atoms with E-state index in [1.165, 1.54) is 12.1 Å². The molecule has 1 atom stereocenters. The van der Waals surface area contributed by atoms with E-state index in [2.05, 4.69) is 15.0 Å². The van der Waals surface area contributed by atoms with Crippen LogP contribution in [-0.2, 0) is 0 Å². The molecule has 152 valence electrons. The number of hydrogen-bond acceptors (Lipinski definition) is 7. The summed E-state index contributed by atoms with van der Waals surface area (Å²) in [5.74, 6) is -0.728. The molecule has 0 aliphatic heterocycles. The second-order valence-corrected chi connectivity index (χ2v) is 7.30. The molecule has 0 radical (unpaired) electrons. The van der Waals surface area contributed by atoms with Crippen LogP contribution in [0.3, 0.4) is 0 Å². The van der Waals surface area contributed by atoms with Crippen LogP contribution in [0.25, 0.3) is 0 Å². The summed E-state index contributed by atoms with van der Waals surface area (Å²) in [5.41, 5.74) is 0.508. The predicted octanol–water partition coefficient (Wildman–Crippen LogP) is 4.47. The van der Waals surface area contributed by atoms with Crippen LogP contribution >= 0.6 is 23.1 Å². The van der Waals surface area contributed by atoms with Crippen LogP contribution in [0.5, 0.6) is 17.4 Å². The van der Waals surface area contributed by atoms with Gasteiger partial charge < -0.3 is 25.6 Å². The molecule has 0 saturated carbocycles. The molecule has 0 bridgehead atoms. The van der Waals surface area contributed by atoms with E-state index < -0.39 is 5.82 Å². The second kappa shape index (κ2) is 9.08. The highest BCUT2D eigenvalue weighted by Crippen LogP contribution is 2.35. The quantitative estimate of drug-likeness (QED) is 0.276. The van der Waals surface area contributed by atoms with E-state index in [0.717, 1.165) is 11.5 Å². The summed E-state index contributed by atoms with van der Waals surface area (Å²) in [4.78, 5) is 0. The van der Waals surface area contributed by atoms with Crippen molar-refractivity contribution in [3.05, 3.63) is 58.9 Å². The predicted molar refractivity (Wildman–Crippen MR) is 111 cm³/mol. The van der Waals surface area contributed by atoms with Gasteiger partial charge in [-0.2, -0.15) is 4.37 Å². The average Bonchev–Trinajstić information content (AvgIpc) is 3.05. The molecule has 0 saturated heterocycles. The SMILES string of the molecule is CC(CO)NC(=N)c1c(O)nsc1Nc1ccc(Oc2ccccc2Cl)c(F)c1. The first kappa shape index (κ1) is 20.8. The first-order valence-corrected chi connectivity index (χ1v) is 9.68. The molecule has 3 aromatic rings. The van der Waals surface area contributed by atoms with Gasteiger partial charge in [0.25, 0.3) is 0 Å². The van der Waals surface area contributed by atoms with Crippen molar-refractivity contribution >= 4 is 39.7 Å². The molecule has 2 aromatic carbocycles. The van der Waals surface area contributed by atoms with Gasteiger partial charge in [-0.05, 0) is 42.7 Å². The number of rotatable bonds is 7. The van der Waals surface area contributed by atoms with Crippen LogP contribution in [0.15, 0.2) is 42.5 Å². The fourth-order valence-corrected chi connectivity index (χ4v) is 3.29. The van der Waals surface area contributed by atoms with Crippen molar-refractivity contribution in [2.75, 3.05) is 11.9 Å². The summed E-state index contributed by atoms with van der Waals surface area (Å²) < 4.78 is 23.8. The number of aromatic hydroxyl groups is 1. The summed E-state index contributed by atoms with van der Waals surface area (Å²) in [6.45, 7) is 1.51. The van der Waals surface area contributed by atoms with E-state index in [0.29, 0.717) is 21.5 Å². The van der Waals surface area contributed by atoms with E-state index in [4.69, 9.17) is 26.9 Å². The van der Waals surface area contributed by atoms with Crippen LogP contribution in [0.1, 0.15) is 12.5 Å². The number of ether oxygens (including phenoxy) is 1. The number of nitrogens with zero attached hydrogens (tertiary/aromatic N) is 1. The number of aliphatic hydroxyl groups is 1. The fraction of sp³-hybridized carbons (Fsp3) is 0.158. The largest absolute Gasteiger partial charge is 0.492 e. The van der Waals surface area contributed by atoms with Gasteiger partial charge in [0.2, 0.25) is 5.88 Å². The van der Waals surface area contributed by atoms with Crippen molar-refractivity contribution in [3.8, 4) is 17.4 Å². The van der Waals surface area contributed by atoms with Gasteiger partial charge in [-0.15, -0.1) is 0 Å². The molecule has 10 heteroatoms. The Morgan fingerprint density at radius 2 is 2.07 bits per heavy atom. The third-order valence-electron chi connectivity index (χ3n) is 3.83. The summed E-state index contributed by atoms with van der Waals surface area (Å²) >= 11 is 6.95. The minimum Gasteiger partial charge on any atom is -0.492 e. The van der Waals surface area contributed by atoms with Crippen LogP contribution in [0.4, 0.5) is 15.1 Å². The van der Waals surface area contributed by atoms with Crippen molar-refractivity contribution in [2.45, 2.75) is 13.0 Å². The molecular formula is C19H18ClFN4O3S. The molecule has 3 rings (SSSR count). The zero-order chi connectivity index (χ0) is 21.0. The Morgan fingerprint density at radius 1 is 1.31 bits per heavy atom. The zero-order valence-corrected chi connectivity index (χ0v) is 16.8. The Kier molecular flexibility index (Phi) is 6.53. The number of para-hydroxylation sites is 1. The molecule has 0 aliphatic rings. The van der Waals surface area contributed by atoms with Gasteiger partial charge in [0.05, 0.1) is 11.6 Å². The van der Waals surface area contributed by atoms with Crippen LogP contribution in [0.2, 0.25) is 5.02 Å². The van der Waals surface area contributed by atoms with E-state index in [9.17, 15) is 9.50 Å². The highest BCUT2D eigenvalue weighted by Gasteiger charge is 2.20. The van der Waals surface area contributed by atoms with Crippen LogP contribution < -0.4 is 15.4 Å². The van der Waals surface area contributed by atoms with Gasteiger partial charge in [-0.1, -0.05) is 23.7 Å². The summed E-state index contributed by atoms with van der Waals surface area (Å²) in [5, 5.41) is 33.6. The smallest absolute Gasteiger partial charge is 0.236 e. The van der Waals surface area contributed by atoms with Crippen molar-refractivity contribution in [1.82, 2.24) is 9.69 Å². The minimum atomic E-state index is -0.618. The molecule has 5 N–H and O–H groups in total. The van der Waals surface area contributed by atoms with E-state index in [1.54, 1.807) is 37.3 Å². The lowest BCUT2D eigenvalue weighted by Gasteiger charge is -2.14. The molecule has 29 heavy (non-hydrogen) atoms. The molecule has 0 amide bonds. The monoisotopic (exact) mass is 436 g/mol. The van der Waals surface area contributed by atoms with E-state index in [1.807, 2.05) is 0 Å². The topological polar surface area (TPSA) is 110 Å². The molecule has 0 fully saturated rings. The molecule has 1 aromatic heterocycles. The zero-order valence-electron chi connectivity index (χ0n) is 15.2. The molecule has 0 spiro atoms. The maximum absolute atomic E-state index is 14.5. The first-order valence-electron chi connectivity index (χ1n) is 8.53. The standard InChI is InChI=1S/C19H18ClFN4O3S/c1-10(9-26)23-17(22)16-18(27)25-29-19(16)24-11-6-7-15(13(21)8-11)28-14-5-3-2-4-12(14)20/h2-8,10,24,26H,9H2,1H3,(H2,22,23)(H,25,27). The lowest BCUT2D eigenvalue weighted by molar-refractivity contribution is 0.264. The summed E-state index contributed by atoms with van der Waals surface area (Å²) in [6.07, 6.45) is 0. The second-order valence-electron chi connectivity index (χ2n) is 6.12. The Labute approximate surface area is 175 Å². The van der Waals surface area contributed by atoms with Gasteiger partial charge in [0.15, 0.2) is 11.6 Å². The van der Waals surface area contributed by atoms with Crippen LogP contribution in [0, 0.1) is 11.2 Å². The Hall–Kier alpha value is -2.88. The van der Waals surface area contributed by atoms with Crippen molar-refractivity contribution in [1.29, 1.82) is 5.41 Å². The number of nitrogens with one attached hydrogen (secondary N) is 3. The van der Waals surface area contributed by atoms with Gasteiger partial charge in [0, 0.05) is 17.8 Å². The summed E-state index contributed by atoms with van der Waals surface area (Å²) in [6, 6.07) is 10.6. The van der Waals surface area contributed by atoms with Gasteiger partial charge in [0.1, 0.15) is 22.1 Å². The molecule has 1 heterocycles. The Balaban J connectivity index is 1.79. The molecule has 7 nitrogen and oxygen atoms in total. The molecular weight excluding hydrogens is 419 g/mol. The van der Waals surface area contributed by atoms with Gasteiger partial charge >= 0.3 is 0 Å². The van der Waals surface area contributed by atoms with E-state index in [-0.39, 0.29) is 35.7 Å². The van der Waals surface area contributed by atoms with Gasteiger partial charge in [-0.25, -0.2) is 4.39 Å². The number of aliphatic hydroxyl groups excluding tert-OH is 1. The minimum absolute atomic E-state index is 0.00204. The fourth-order valence-electron chi connectivity index (χ4n) is 2.40. The number of amidine groups is 1. The summed E-state index contributed by atoms with van der Waals surface area (Å²) in [7, 11) is 0. The van der Waals surface area contributed by atoms with Crippen molar-refractivity contribution in [2.24, 2.45) is 0 Å². The van der Waals surface area contributed by atoms with Crippen molar-refractivity contribution < 1.29 is 19.3 Å². The first-order chi connectivity index (χ1) is 13.9. The lowest BCUT2D eigenvalue weighted by Crippen LogP contribution is -2.35. The average molecular weight is 437 g/mol. The normalized spacial score (nSPS) is 11.7. The van der Waals surface area contributed by atoms with Crippen LogP contribution in [-0.4, -0.2) is 33.1 Å².